The summed E-state index contributed by atoms with van der Waals surface area (Å²) in [5.74, 6) is 0.525. The van der Waals surface area contributed by atoms with Crippen molar-refractivity contribution in [3.05, 3.63) is 35.9 Å². The van der Waals surface area contributed by atoms with Crippen molar-refractivity contribution in [2.75, 3.05) is 33.8 Å². The average Bonchev–Trinajstić information content (AvgIpc) is 2.60. The minimum Gasteiger partial charge on any atom is -0.497 e. The third kappa shape index (κ3) is 6.44. The van der Waals surface area contributed by atoms with E-state index < -0.39 is 0 Å². The number of unbranched alkanes of at least 4 members (excludes halogenated alkanes) is 1. The lowest BCUT2D eigenvalue weighted by Gasteiger charge is -2.23. The summed E-state index contributed by atoms with van der Waals surface area (Å²) in [5.41, 5.74) is 0.876. The Morgan fingerprint density at radius 1 is 1.25 bits per heavy atom. The number of nitrogens with zero attached hydrogens (tertiary/aromatic N) is 2. The van der Waals surface area contributed by atoms with Gasteiger partial charge in [0.2, 0.25) is 11.8 Å². The molecule has 0 spiro atoms. The van der Waals surface area contributed by atoms with Crippen molar-refractivity contribution in [1.82, 2.24) is 9.80 Å². The van der Waals surface area contributed by atoms with Gasteiger partial charge in [0, 0.05) is 26.2 Å². The predicted molar refractivity (Wildman–Crippen MR) is 96.8 cm³/mol. The second-order valence-corrected chi connectivity index (χ2v) is 5.63. The van der Waals surface area contributed by atoms with E-state index in [9.17, 15) is 9.59 Å². The zero-order valence-corrected chi connectivity index (χ0v) is 15.1. The topological polar surface area (TPSA) is 49.9 Å². The lowest BCUT2D eigenvalue weighted by Crippen LogP contribution is -2.41. The number of rotatable bonds is 9. The van der Waals surface area contributed by atoms with Crippen molar-refractivity contribution in [1.29, 1.82) is 0 Å². The van der Waals surface area contributed by atoms with Crippen LogP contribution in [0.3, 0.4) is 0 Å². The van der Waals surface area contributed by atoms with Gasteiger partial charge in [0.05, 0.1) is 13.7 Å². The SMILES string of the molecule is CCCCN(CC)C(=O)CN(C)C(=O)/C=C/c1cccc(OC)c1. The largest absolute Gasteiger partial charge is 0.497 e. The Morgan fingerprint density at radius 2 is 2.00 bits per heavy atom. The average molecular weight is 332 g/mol. The predicted octanol–water partition coefficient (Wildman–Crippen LogP) is 2.82. The van der Waals surface area contributed by atoms with Gasteiger partial charge in [0.15, 0.2) is 0 Å². The third-order valence-corrected chi connectivity index (χ3v) is 3.78. The van der Waals surface area contributed by atoms with Crippen LogP contribution in [0.4, 0.5) is 0 Å². The van der Waals surface area contributed by atoms with Crippen LogP contribution in [0, 0.1) is 0 Å². The van der Waals surface area contributed by atoms with E-state index in [4.69, 9.17) is 4.74 Å². The lowest BCUT2D eigenvalue weighted by atomic mass is 10.2. The fourth-order valence-corrected chi connectivity index (χ4v) is 2.23. The van der Waals surface area contributed by atoms with E-state index in [1.54, 1.807) is 25.1 Å². The molecule has 1 aromatic rings. The van der Waals surface area contributed by atoms with Gasteiger partial charge in [-0.05, 0) is 37.1 Å². The number of likely N-dealkylation sites (N-methyl/N-ethyl adjacent to an activating group) is 2. The molecule has 0 saturated heterocycles. The van der Waals surface area contributed by atoms with Crippen LogP contribution in [0.1, 0.15) is 32.3 Å². The number of ether oxygens (including phenoxy) is 1. The molecule has 0 aliphatic rings. The van der Waals surface area contributed by atoms with Gasteiger partial charge >= 0.3 is 0 Å². The molecule has 0 fully saturated rings. The van der Waals surface area contributed by atoms with Crippen LogP contribution in [-0.4, -0.2) is 55.4 Å². The first kappa shape index (κ1) is 19.7. The molecule has 0 atom stereocenters. The Balaban J connectivity index is 2.60. The third-order valence-electron chi connectivity index (χ3n) is 3.78. The molecule has 0 aliphatic carbocycles. The maximum Gasteiger partial charge on any atom is 0.246 e. The molecule has 1 aromatic carbocycles. The maximum atomic E-state index is 12.2. The zero-order chi connectivity index (χ0) is 17.9. The van der Waals surface area contributed by atoms with Gasteiger partial charge < -0.3 is 14.5 Å². The summed E-state index contributed by atoms with van der Waals surface area (Å²) < 4.78 is 5.15. The van der Waals surface area contributed by atoms with Crippen LogP contribution in [0.2, 0.25) is 0 Å². The molecule has 0 unspecified atom stereocenters. The van der Waals surface area contributed by atoms with Crippen LogP contribution in [0.25, 0.3) is 6.08 Å². The molecule has 1 rings (SSSR count). The summed E-state index contributed by atoms with van der Waals surface area (Å²) in [4.78, 5) is 27.6. The summed E-state index contributed by atoms with van der Waals surface area (Å²) in [5, 5.41) is 0. The number of hydrogen-bond donors (Lipinski definition) is 0. The summed E-state index contributed by atoms with van der Waals surface area (Å²) >= 11 is 0. The Labute approximate surface area is 144 Å². The minimum absolute atomic E-state index is 0.0171. The van der Waals surface area contributed by atoms with Gasteiger partial charge in [-0.15, -0.1) is 0 Å². The highest BCUT2D eigenvalue weighted by molar-refractivity contribution is 5.94. The molecule has 132 valence electrons. The van der Waals surface area contributed by atoms with E-state index in [-0.39, 0.29) is 18.4 Å². The van der Waals surface area contributed by atoms with Crippen LogP contribution in [-0.2, 0) is 9.59 Å². The second-order valence-electron chi connectivity index (χ2n) is 5.63. The molecule has 0 aromatic heterocycles. The molecule has 5 heteroatoms. The molecule has 0 N–H and O–H groups in total. The van der Waals surface area contributed by atoms with Crippen LogP contribution >= 0.6 is 0 Å². The molecular formula is C19H28N2O3. The van der Waals surface area contributed by atoms with Crippen molar-refractivity contribution in [2.45, 2.75) is 26.7 Å². The van der Waals surface area contributed by atoms with Crippen molar-refractivity contribution in [3.63, 3.8) is 0 Å². The number of methoxy groups -OCH3 is 1. The molecule has 0 saturated carbocycles. The van der Waals surface area contributed by atoms with E-state index >= 15 is 0 Å². The van der Waals surface area contributed by atoms with Gasteiger partial charge in [0.1, 0.15) is 5.75 Å². The fourth-order valence-electron chi connectivity index (χ4n) is 2.23. The summed E-state index contributed by atoms with van der Waals surface area (Å²) in [7, 11) is 3.25. The Morgan fingerprint density at radius 3 is 2.62 bits per heavy atom. The van der Waals surface area contributed by atoms with E-state index in [1.807, 2.05) is 31.2 Å². The zero-order valence-electron chi connectivity index (χ0n) is 15.1. The van der Waals surface area contributed by atoms with Crippen LogP contribution < -0.4 is 4.74 Å². The number of hydrogen-bond acceptors (Lipinski definition) is 3. The Hall–Kier alpha value is -2.30. The number of carbonyl (C=O) groups excluding carboxylic acids is 2. The van der Waals surface area contributed by atoms with Gasteiger partial charge in [-0.2, -0.15) is 0 Å². The van der Waals surface area contributed by atoms with Crippen molar-refractivity contribution >= 4 is 17.9 Å². The van der Waals surface area contributed by atoms with Gasteiger partial charge in [-0.3, -0.25) is 9.59 Å². The molecule has 5 nitrogen and oxygen atoms in total. The van der Waals surface area contributed by atoms with Crippen molar-refractivity contribution < 1.29 is 14.3 Å². The van der Waals surface area contributed by atoms with Gasteiger partial charge in [0.25, 0.3) is 0 Å². The smallest absolute Gasteiger partial charge is 0.246 e. The molecular weight excluding hydrogens is 304 g/mol. The second kappa shape index (κ2) is 10.5. The first-order valence-electron chi connectivity index (χ1n) is 8.36. The van der Waals surface area contributed by atoms with E-state index in [2.05, 4.69) is 6.92 Å². The highest BCUT2D eigenvalue weighted by Crippen LogP contribution is 2.13. The van der Waals surface area contributed by atoms with E-state index in [1.165, 1.54) is 11.0 Å². The monoisotopic (exact) mass is 332 g/mol. The minimum atomic E-state index is -0.197. The van der Waals surface area contributed by atoms with Crippen LogP contribution in [0.15, 0.2) is 30.3 Å². The highest BCUT2D eigenvalue weighted by atomic mass is 16.5. The first-order chi connectivity index (χ1) is 11.5. The molecule has 2 amide bonds. The Bertz CT molecular complexity index is 569. The lowest BCUT2D eigenvalue weighted by molar-refractivity contribution is -0.137. The summed E-state index contributed by atoms with van der Waals surface area (Å²) in [6, 6.07) is 7.45. The Kier molecular flexibility index (Phi) is 8.61. The standard InChI is InChI=1S/C19H28N2O3/c1-5-7-13-21(6-2)19(23)15-20(3)18(22)12-11-16-9-8-10-17(14-16)24-4/h8-12,14H,5-7,13,15H2,1-4H3/b12-11+. The molecule has 0 heterocycles. The highest BCUT2D eigenvalue weighted by Gasteiger charge is 2.15. The summed E-state index contributed by atoms with van der Waals surface area (Å²) in [6.45, 7) is 5.56. The molecule has 0 aliphatic heterocycles. The van der Waals surface area contributed by atoms with Crippen LogP contribution in [0.5, 0.6) is 5.75 Å². The van der Waals surface area contributed by atoms with Gasteiger partial charge in [-0.25, -0.2) is 0 Å². The number of amides is 2. The van der Waals surface area contributed by atoms with Gasteiger partial charge in [-0.1, -0.05) is 25.5 Å². The normalized spacial score (nSPS) is 10.7. The molecule has 0 bridgehead atoms. The van der Waals surface area contributed by atoms with Crippen molar-refractivity contribution in [3.8, 4) is 5.75 Å². The fraction of sp³-hybridized carbons (Fsp3) is 0.474. The molecule has 24 heavy (non-hydrogen) atoms. The summed E-state index contributed by atoms with van der Waals surface area (Å²) in [6.07, 6.45) is 5.22. The number of benzene rings is 1. The van der Waals surface area contributed by atoms with E-state index in [0.29, 0.717) is 6.54 Å². The molecule has 0 radical (unpaired) electrons. The first-order valence-corrected chi connectivity index (χ1v) is 8.36. The number of carbonyl (C=O) groups is 2. The maximum absolute atomic E-state index is 12.2. The van der Waals surface area contributed by atoms with Crippen molar-refractivity contribution in [2.24, 2.45) is 0 Å². The van der Waals surface area contributed by atoms with E-state index in [0.717, 1.165) is 30.7 Å². The quantitative estimate of drug-likeness (QED) is 0.653.